The van der Waals surface area contributed by atoms with Gasteiger partial charge >= 0.3 is 0 Å². The van der Waals surface area contributed by atoms with Crippen LogP contribution in [0.4, 0.5) is 10.2 Å². The van der Waals surface area contributed by atoms with E-state index >= 15 is 0 Å². The molecule has 2 unspecified atom stereocenters. The number of piperazine rings is 1. The van der Waals surface area contributed by atoms with Crippen molar-refractivity contribution < 1.29 is 4.39 Å². The second-order valence-corrected chi connectivity index (χ2v) is 6.18. The second-order valence-electron chi connectivity index (χ2n) is 5.92. The lowest BCUT2D eigenvalue weighted by molar-refractivity contribution is 0.115. The molecule has 1 aromatic rings. The van der Waals surface area contributed by atoms with Crippen LogP contribution in [-0.4, -0.2) is 41.6 Å². The van der Waals surface area contributed by atoms with E-state index in [0.29, 0.717) is 18.0 Å². The van der Waals surface area contributed by atoms with E-state index in [2.05, 4.69) is 21.7 Å². The van der Waals surface area contributed by atoms with E-state index < -0.39 is 0 Å². The summed E-state index contributed by atoms with van der Waals surface area (Å²) >= 11 is 5.96. The minimum atomic E-state index is -0.312. The second kappa shape index (κ2) is 5.86. The highest BCUT2D eigenvalue weighted by Gasteiger charge is 2.34. The molecule has 2 fully saturated rings. The highest BCUT2D eigenvalue weighted by atomic mass is 35.5. The molecule has 0 aliphatic carbocycles. The van der Waals surface area contributed by atoms with Crippen LogP contribution in [-0.2, 0) is 5.88 Å². The lowest BCUT2D eigenvalue weighted by Gasteiger charge is -2.48. The van der Waals surface area contributed by atoms with Crippen LogP contribution in [0.25, 0.3) is 0 Å². The molecule has 20 heavy (non-hydrogen) atoms. The Balaban J connectivity index is 1.85. The molecule has 1 aromatic heterocycles. The van der Waals surface area contributed by atoms with Gasteiger partial charge in [0, 0.05) is 30.7 Å². The molecule has 110 valence electrons. The van der Waals surface area contributed by atoms with Crippen molar-refractivity contribution in [1.82, 2.24) is 9.88 Å². The van der Waals surface area contributed by atoms with Gasteiger partial charge in [-0.25, -0.2) is 9.37 Å². The summed E-state index contributed by atoms with van der Waals surface area (Å²) in [5, 5.41) is 0. The summed E-state index contributed by atoms with van der Waals surface area (Å²) in [6.45, 7) is 5.46. The van der Waals surface area contributed by atoms with Crippen LogP contribution in [0.2, 0.25) is 0 Å². The third-order valence-corrected chi connectivity index (χ3v) is 4.80. The van der Waals surface area contributed by atoms with Crippen LogP contribution < -0.4 is 4.90 Å². The summed E-state index contributed by atoms with van der Waals surface area (Å²) < 4.78 is 13.3. The van der Waals surface area contributed by atoms with E-state index in [1.807, 2.05) is 0 Å². The molecular weight excluding hydrogens is 277 g/mol. The Kier molecular flexibility index (Phi) is 4.13. The van der Waals surface area contributed by atoms with Crippen LogP contribution in [0.3, 0.4) is 0 Å². The van der Waals surface area contributed by atoms with E-state index in [1.54, 1.807) is 0 Å². The number of alkyl halides is 1. The fourth-order valence-corrected chi connectivity index (χ4v) is 3.67. The fourth-order valence-electron chi connectivity index (χ4n) is 3.48. The molecule has 5 heteroatoms. The zero-order valence-corrected chi connectivity index (χ0v) is 12.6. The SMILES string of the molecule is CC1CN2CCCCC2CN1c1ncc(F)cc1CCl. The van der Waals surface area contributed by atoms with Gasteiger partial charge in [-0.05, 0) is 32.4 Å². The summed E-state index contributed by atoms with van der Waals surface area (Å²) in [5.74, 6) is 0.852. The van der Waals surface area contributed by atoms with E-state index in [9.17, 15) is 4.39 Å². The first-order valence-corrected chi connectivity index (χ1v) is 7.93. The van der Waals surface area contributed by atoms with E-state index in [4.69, 9.17) is 11.6 Å². The predicted octanol–water partition coefficient (Wildman–Crippen LogP) is 3.02. The number of hydrogen-bond acceptors (Lipinski definition) is 3. The maximum atomic E-state index is 13.3. The first-order valence-electron chi connectivity index (χ1n) is 7.40. The van der Waals surface area contributed by atoms with Crippen molar-refractivity contribution in [3.63, 3.8) is 0 Å². The van der Waals surface area contributed by atoms with Crippen LogP contribution in [0.5, 0.6) is 0 Å². The number of rotatable bonds is 2. The number of nitrogens with zero attached hydrogens (tertiary/aromatic N) is 3. The zero-order valence-electron chi connectivity index (χ0n) is 11.9. The topological polar surface area (TPSA) is 19.4 Å². The van der Waals surface area contributed by atoms with E-state index in [1.165, 1.54) is 38.1 Å². The first kappa shape index (κ1) is 14.1. The number of hydrogen-bond donors (Lipinski definition) is 0. The van der Waals surface area contributed by atoms with E-state index in [0.717, 1.165) is 24.5 Å². The Hall–Kier alpha value is -0.870. The Bertz CT molecular complexity index is 482. The molecular formula is C15H21ClFN3. The van der Waals surface area contributed by atoms with Crippen LogP contribution >= 0.6 is 11.6 Å². The average molecular weight is 298 g/mol. The molecule has 0 bridgehead atoms. The molecule has 0 radical (unpaired) electrons. The number of fused-ring (bicyclic) bond motifs is 1. The van der Waals surface area contributed by atoms with Gasteiger partial charge in [-0.2, -0.15) is 0 Å². The van der Waals surface area contributed by atoms with Crippen molar-refractivity contribution in [2.75, 3.05) is 24.5 Å². The standard InChI is InChI=1S/C15H21ClFN3/c1-11-9-19-5-3-2-4-14(19)10-20(11)15-12(7-16)6-13(17)8-18-15/h6,8,11,14H,2-5,7,9-10H2,1H3. The van der Waals surface area contributed by atoms with Crippen molar-refractivity contribution in [2.24, 2.45) is 0 Å². The molecule has 2 saturated heterocycles. The summed E-state index contributed by atoms with van der Waals surface area (Å²) in [7, 11) is 0. The van der Waals surface area contributed by atoms with Gasteiger partial charge in [-0.3, -0.25) is 4.90 Å². The van der Waals surface area contributed by atoms with Crippen molar-refractivity contribution in [1.29, 1.82) is 0 Å². The number of aromatic nitrogens is 1. The van der Waals surface area contributed by atoms with Gasteiger partial charge in [0.05, 0.1) is 12.1 Å². The van der Waals surface area contributed by atoms with Crippen molar-refractivity contribution in [2.45, 2.75) is 44.1 Å². The monoisotopic (exact) mass is 297 g/mol. The number of pyridine rings is 1. The zero-order chi connectivity index (χ0) is 14.1. The van der Waals surface area contributed by atoms with Gasteiger partial charge in [-0.15, -0.1) is 11.6 Å². The van der Waals surface area contributed by atoms with Crippen molar-refractivity contribution >= 4 is 17.4 Å². The number of anilines is 1. The fraction of sp³-hybridized carbons (Fsp3) is 0.667. The summed E-state index contributed by atoms with van der Waals surface area (Å²) in [5.41, 5.74) is 0.794. The molecule has 3 nitrogen and oxygen atoms in total. The molecule has 2 aliphatic rings. The van der Waals surface area contributed by atoms with E-state index in [-0.39, 0.29) is 5.82 Å². The third-order valence-electron chi connectivity index (χ3n) is 4.51. The molecule has 0 aromatic carbocycles. The Morgan fingerprint density at radius 2 is 2.25 bits per heavy atom. The maximum Gasteiger partial charge on any atom is 0.141 e. The Labute approximate surface area is 124 Å². The predicted molar refractivity (Wildman–Crippen MR) is 79.8 cm³/mol. The van der Waals surface area contributed by atoms with Gasteiger partial charge in [-0.1, -0.05) is 6.42 Å². The number of piperidine rings is 1. The van der Waals surface area contributed by atoms with Crippen molar-refractivity contribution in [3.8, 4) is 0 Å². The lowest BCUT2D eigenvalue weighted by Crippen LogP contribution is -2.59. The lowest BCUT2D eigenvalue weighted by atomic mass is 9.97. The summed E-state index contributed by atoms with van der Waals surface area (Å²) in [6, 6.07) is 2.51. The summed E-state index contributed by atoms with van der Waals surface area (Å²) in [4.78, 5) is 9.21. The average Bonchev–Trinajstić information content (AvgIpc) is 2.46. The molecule has 2 aliphatic heterocycles. The Morgan fingerprint density at radius 1 is 1.40 bits per heavy atom. The van der Waals surface area contributed by atoms with Crippen molar-refractivity contribution in [3.05, 3.63) is 23.6 Å². The van der Waals surface area contributed by atoms with Gasteiger partial charge in [0.15, 0.2) is 0 Å². The molecule has 2 atom stereocenters. The molecule has 3 heterocycles. The maximum absolute atomic E-state index is 13.3. The number of halogens is 2. The molecule has 0 spiro atoms. The van der Waals surface area contributed by atoms with Crippen LogP contribution in [0.15, 0.2) is 12.3 Å². The van der Waals surface area contributed by atoms with Crippen LogP contribution in [0.1, 0.15) is 31.7 Å². The minimum absolute atomic E-state index is 0.303. The van der Waals surface area contributed by atoms with Gasteiger partial charge < -0.3 is 4.90 Å². The minimum Gasteiger partial charge on any atom is -0.351 e. The molecule has 0 saturated carbocycles. The van der Waals surface area contributed by atoms with Gasteiger partial charge in [0.25, 0.3) is 0 Å². The molecule has 0 amide bonds. The normalized spacial score (nSPS) is 27.4. The van der Waals surface area contributed by atoms with Gasteiger partial charge in [0.1, 0.15) is 11.6 Å². The molecule has 0 N–H and O–H groups in total. The highest BCUT2D eigenvalue weighted by Crippen LogP contribution is 2.29. The largest absolute Gasteiger partial charge is 0.351 e. The highest BCUT2D eigenvalue weighted by molar-refractivity contribution is 6.17. The third kappa shape index (κ3) is 2.63. The smallest absolute Gasteiger partial charge is 0.141 e. The summed E-state index contributed by atoms with van der Waals surface area (Å²) in [6.07, 6.45) is 5.17. The van der Waals surface area contributed by atoms with Crippen LogP contribution in [0, 0.1) is 5.82 Å². The first-order chi connectivity index (χ1) is 9.69. The van der Waals surface area contributed by atoms with Gasteiger partial charge in [0.2, 0.25) is 0 Å². The molecule has 3 rings (SSSR count). The quantitative estimate of drug-likeness (QED) is 0.782. The Morgan fingerprint density at radius 3 is 3.05 bits per heavy atom.